The van der Waals surface area contributed by atoms with Crippen LogP contribution in [0, 0.1) is 6.92 Å². The van der Waals surface area contributed by atoms with E-state index in [0.717, 1.165) is 16.8 Å². The molecule has 1 amide bonds. The summed E-state index contributed by atoms with van der Waals surface area (Å²) in [6, 6.07) is 20.8. The average Bonchev–Trinajstić information content (AvgIpc) is 2.71. The van der Waals surface area contributed by atoms with E-state index < -0.39 is 6.17 Å². The largest absolute Gasteiger partial charge is 0.504 e. The van der Waals surface area contributed by atoms with Gasteiger partial charge in [-0.1, -0.05) is 48.0 Å². The number of hydrogen-bond acceptors (Lipinski definition) is 4. The third-order valence-electron chi connectivity index (χ3n) is 5.01. The van der Waals surface area contributed by atoms with Gasteiger partial charge in [-0.25, -0.2) is 0 Å². The second-order valence-corrected chi connectivity index (χ2v) is 6.94. The number of phenols is 1. The Bertz CT molecular complexity index is 1010. The molecule has 5 nitrogen and oxygen atoms in total. The second-order valence-electron chi connectivity index (χ2n) is 6.94. The number of aromatic hydroxyl groups is 1. The van der Waals surface area contributed by atoms with Crippen LogP contribution in [0.15, 0.2) is 66.7 Å². The SMILES string of the molecule is COc1ccc([C@H]2Nc3ccccc3C(=O)N2Cc2ccc(C)cc2)cc1O. The third-order valence-corrected chi connectivity index (χ3v) is 5.01. The number of amides is 1. The molecule has 1 heterocycles. The maximum atomic E-state index is 13.3. The zero-order valence-corrected chi connectivity index (χ0v) is 15.8. The van der Waals surface area contributed by atoms with Crippen LogP contribution in [0.5, 0.6) is 11.5 Å². The molecule has 2 N–H and O–H groups in total. The van der Waals surface area contributed by atoms with Crippen LogP contribution >= 0.6 is 0 Å². The molecule has 4 rings (SSSR count). The van der Waals surface area contributed by atoms with Gasteiger partial charge in [-0.2, -0.15) is 0 Å². The van der Waals surface area contributed by atoms with E-state index >= 15 is 0 Å². The minimum atomic E-state index is -0.402. The third kappa shape index (κ3) is 3.27. The minimum absolute atomic E-state index is 0.0448. The molecule has 0 bridgehead atoms. The minimum Gasteiger partial charge on any atom is -0.504 e. The maximum absolute atomic E-state index is 13.3. The number of para-hydroxylation sites is 1. The fraction of sp³-hybridized carbons (Fsp3) is 0.174. The van der Waals surface area contributed by atoms with Crippen LogP contribution < -0.4 is 10.1 Å². The van der Waals surface area contributed by atoms with Gasteiger partial charge in [-0.15, -0.1) is 0 Å². The number of carbonyl (C=O) groups excluding carboxylic acids is 1. The molecule has 142 valence electrons. The Labute approximate surface area is 164 Å². The first-order chi connectivity index (χ1) is 13.6. The molecule has 1 aliphatic rings. The number of rotatable bonds is 4. The zero-order chi connectivity index (χ0) is 19.7. The van der Waals surface area contributed by atoms with Crippen molar-refractivity contribution in [3.8, 4) is 11.5 Å². The van der Waals surface area contributed by atoms with Crippen molar-refractivity contribution in [3.05, 3.63) is 89.0 Å². The number of benzene rings is 3. The smallest absolute Gasteiger partial charge is 0.258 e. The summed E-state index contributed by atoms with van der Waals surface area (Å²) in [4.78, 5) is 15.1. The number of nitrogens with one attached hydrogen (secondary N) is 1. The highest BCUT2D eigenvalue weighted by Gasteiger charge is 2.33. The number of hydrogen-bond donors (Lipinski definition) is 2. The molecule has 1 atom stereocenters. The molecule has 0 spiro atoms. The van der Waals surface area contributed by atoms with Crippen molar-refractivity contribution in [3.63, 3.8) is 0 Å². The van der Waals surface area contributed by atoms with Gasteiger partial charge in [-0.05, 0) is 42.3 Å². The van der Waals surface area contributed by atoms with E-state index in [-0.39, 0.29) is 11.7 Å². The van der Waals surface area contributed by atoms with E-state index in [1.165, 1.54) is 12.7 Å². The zero-order valence-electron chi connectivity index (χ0n) is 15.8. The van der Waals surface area contributed by atoms with Crippen molar-refractivity contribution in [2.45, 2.75) is 19.6 Å². The summed E-state index contributed by atoms with van der Waals surface area (Å²) >= 11 is 0. The standard InChI is InChI=1S/C23H22N2O3/c1-15-7-9-16(10-8-15)14-25-22(17-11-12-21(28-2)20(26)13-17)24-19-6-4-3-5-18(19)23(25)27/h3-13,22,24,26H,14H2,1-2H3/t22-/m0/s1. The van der Waals surface area contributed by atoms with E-state index in [9.17, 15) is 9.90 Å². The molecule has 28 heavy (non-hydrogen) atoms. The van der Waals surface area contributed by atoms with E-state index in [0.29, 0.717) is 17.9 Å². The van der Waals surface area contributed by atoms with Gasteiger partial charge in [0.05, 0.1) is 12.7 Å². The summed E-state index contributed by atoms with van der Waals surface area (Å²) in [7, 11) is 1.51. The first-order valence-electron chi connectivity index (χ1n) is 9.16. The second kappa shape index (κ2) is 7.27. The number of phenolic OH excluding ortho intramolecular Hbond substituents is 1. The van der Waals surface area contributed by atoms with Crippen LogP contribution in [-0.4, -0.2) is 23.0 Å². The Morgan fingerprint density at radius 3 is 2.54 bits per heavy atom. The average molecular weight is 374 g/mol. The van der Waals surface area contributed by atoms with Crippen LogP contribution in [0.3, 0.4) is 0 Å². The molecular weight excluding hydrogens is 352 g/mol. The van der Waals surface area contributed by atoms with Crippen molar-refractivity contribution >= 4 is 11.6 Å². The topological polar surface area (TPSA) is 61.8 Å². The molecule has 3 aromatic rings. The Morgan fingerprint density at radius 2 is 1.82 bits per heavy atom. The van der Waals surface area contributed by atoms with Crippen LogP contribution in [0.25, 0.3) is 0 Å². The predicted molar refractivity (Wildman–Crippen MR) is 109 cm³/mol. The molecule has 0 aromatic heterocycles. The highest BCUT2D eigenvalue weighted by atomic mass is 16.5. The quantitative estimate of drug-likeness (QED) is 0.707. The normalized spacial score (nSPS) is 15.7. The molecule has 0 saturated heterocycles. The van der Waals surface area contributed by atoms with Crippen molar-refractivity contribution in [1.82, 2.24) is 4.90 Å². The molecule has 0 aliphatic carbocycles. The van der Waals surface area contributed by atoms with Crippen molar-refractivity contribution in [2.24, 2.45) is 0 Å². The lowest BCUT2D eigenvalue weighted by Gasteiger charge is -2.38. The fourth-order valence-corrected chi connectivity index (χ4v) is 3.49. The van der Waals surface area contributed by atoms with Crippen LogP contribution in [0.4, 0.5) is 5.69 Å². The van der Waals surface area contributed by atoms with Gasteiger partial charge in [0.25, 0.3) is 5.91 Å². The Morgan fingerprint density at radius 1 is 1.07 bits per heavy atom. The summed E-state index contributed by atoms with van der Waals surface area (Å²) in [5.74, 6) is 0.398. The van der Waals surface area contributed by atoms with Crippen LogP contribution in [0.1, 0.15) is 33.2 Å². The van der Waals surface area contributed by atoms with E-state index in [4.69, 9.17) is 4.74 Å². The first-order valence-corrected chi connectivity index (χ1v) is 9.16. The van der Waals surface area contributed by atoms with Gasteiger partial charge in [0.1, 0.15) is 6.17 Å². The summed E-state index contributed by atoms with van der Waals surface area (Å²) < 4.78 is 5.15. The maximum Gasteiger partial charge on any atom is 0.258 e. The predicted octanol–water partition coefficient (Wildman–Crippen LogP) is 4.48. The number of ether oxygens (including phenoxy) is 1. The number of methoxy groups -OCH3 is 1. The van der Waals surface area contributed by atoms with Gasteiger partial charge in [0, 0.05) is 12.2 Å². The van der Waals surface area contributed by atoms with Crippen molar-refractivity contribution < 1.29 is 14.6 Å². The summed E-state index contributed by atoms with van der Waals surface area (Å²) in [5.41, 5.74) is 4.43. The number of aryl methyl sites for hydroxylation is 1. The lowest BCUT2D eigenvalue weighted by Crippen LogP contribution is -2.42. The van der Waals surface area contributed by atoms with Gasteiger partial charge < -0.3 is 20.1 Å². The Hall–Kier alpha value is -3.47. The number of nitrogens with zero attached hydrogens (tertiary/aromatic N) is 1. The summed E-state index contributed by atoms with van der Waals surface area (Å²) in [6.45, 7) is 2.49. The molecule has 0 unspecified atom stereocenters. The van der Waals surface area contributed by atoms with E-state index in [1.807, 2.05) is 61.5 Å². The monoisotopic (exact) mass is 374 g/mol. The summed E-state index contributed by atoms with van der Waals surface area (Å²) in [5, 5.41) is 13.7. The first kappa shape index (κ1) is 17.9. The van der Waals surface area contributed by atoms with Gasteiger partial charge in [0.15, 0.2) is 11.5 Å². The van der Waals surface area contributed by atoms with Crippen LogP contribution in [-0.2, 0) is 6.54 Å². The highest BCUT2D eigenvalue weighted by Crippen LogP contribution is 2.37. The molecule has 0 radical (unpaired) electrons. The number of fused-ring (bicyclic) bond motifs is 1. The van der Waals surface area contributed by atoms with E-state index in [1.54, 1.807) is 17.0 Å². The number of carbonyl (C=O) groups is 1. The molecule has 3 aromatic carbocycles. The lowest BCUT2D eigenvalue weighted by atomic mass is 10.0. The molecule has 0 fully saturated rings. The molecule has 0 saturated carbocycles. The van der Waals surface area contributed by atoms with Crippen LogP contribution in [0.2, 0.25) is 0 Å². The fourth-order valence-electron chi connectivity index (χ4n) is 3.49. The highest BCUT2D eigenvalue weighted by molar-refractivity contribution is 6.01. The summed E-state index contributed by atoms with van der Waals surface area (Å²) in [6.07, 6.45) is -0.402. The number of anilines is 1. The van der Waals surface area contributed by atoms with Gasteiger partial charge >= 0.3 is 0 Å². The lowest BCUT2D eigenvalue weighted by molar-refractivity contribution is 0.0666. The Balaban J connectivity index is 1.75. The Kier molecular flexibility index (Phi) is 4.65. The molecule has 5 heteroatoms. The van der Waals surface area contributed by atoms with Crippen molar-refractivity contribution in [1.29, 1.82) is 0 Å². The molecule has 1 aliphatic heterocycles. The van der Waals surface area contributed by atoms with Gasteiger partial charge in [-0.3, -0.25) is 4.79 Å². The van der Waals surface area contributed by atoms with E-state index in [2.05, 4.69) is 5.32 Å². The van der Waals surface area contributed by atoms with Crippen molar-refractivity contribution in [2.75, 3.05) is 12.4 Å². The van der Waals surface area contributed by atoms with Gasteiger partial charge in [0.2, 0.25) is 0 Å². The molecular formula is C23H22N2O3.